The van der Waals surface area contributed by atoms with Crippen molar-refractivity contribution in [2.75, 3.05) is 26.4 Å². The van der Waals surface area contributed by atoms with Gasteiger partial charge in [-0.05, 0) is 17.7 Å². The predicted octanol–water partition coefficient (Wildman–Crippen LogP) is 1.49. The fraction of sp³-hybridized carbons (Fsp3) is 0.462. The lowest BCUT2D eigenvalue weighted by Gasteiger charge is -2.06. The smallest absolute Gasteiger partial charge is 0.302 e. The fourth-order valence-corrected chi connectivity index (χ4v) is 1.33. The van der Waals surface area contributed by atoms with Crippen LogP contribution in [0, 0.1) is 5.82 Å². The van der Waals surface area contributed by atoms with Crippen LogP contribution < -0.4 is 5.32 Å². The van der Waals surface area contributed by atoms with Gasteiger partial charge < -0.3 is 14.8 Å². The summed E-state index contributed by atoms with van der Waals surface area (Å²) in [5.74, 6) is -0.527. The minimum absolute atomic E-state index is 0.229. The van der Waals surface area contributed by atoms with Crippen LogP contribution in [-0.2, 0) is 20.8 Å². The van der Waals surface area contributed by atoms with Crippen molar-refractivity contribution < 1.29 is 18.7 Å². The zero-order valence-electron chi connectivity index (χ0n) is 10.4. The van der Waals surface area contributed by atoms with Crippen LogP contribution in [0.15, 0.2) is 24.3 Å². The van der Waals surface area contributed by atoms with Crippen molar-refractivity contribution >= 4 is 5.97 Å². The molecule has 5 heteroatoms. The van der Waals surface area contributed by atoms with E-state index in [1.807, 2.05) is 0 Å². The molecule has 0 atom stereocenters. The van der Waals surface area contributed by atoms with Gasteiger partial charge in [-0.25, -0.2) is 4.39 Å². The Kier molecular flexibility index (Phi) is 6.98. The lowest BCUT2D eigenvalue weighted by Crippen LogP contribution is -2.20. The molecule has 0 unspecified atom stereocenters. The maximum absolute atomic E-state index is 12.6. The highest BCUT2D eigenvalue weighted by molar-refractivity contribution is 5.65. The van der Waals surface area contributed by atoms with Gasteiger partial charge in [-0.2, -0.15) is 0 Å². The van der Waals surface area contributed by atoms with E-state index >= 15 is 0 Å². The summed E-state index contributed by atoms with van der Waals surface area (Å²) in [4.78, 5) is 10.4. The van der Waals surface area contributed by atoms with Crippen LogP contribution in [0.25, 0.3) is 0 Å². The van der Waals surface area contributed by atoms with E-state index in [9.17, 15) is 9.18 Å². The SMILES string of the molecule is CC(=O)OCCOCCNCc1ccc(F)cc1. The monoisotopic (exact) mass is 255 g/mol. The summed E-state index contributed by atoms with van der Waals surface area (Å²) < 4.78 is 22.6. The summed E-state index contributed by atoms with van der Waals surface area (Å²) in [6, 6.07) is 6.35. The molecule has 0 spiro atoms. The Morgan fingerprint density at radius 1 is 1.22 bits per heavy atom. The molecule has 0 saturated carbocycles. The lowest BCUT2D eigenvalue weighted by atomic mass is 10.2. The van der Waals surface area contributed by atoms with Crippen LogP contribution in [-0.4, -0.2) is 32.3 Å². The molecule has 1 aromatic carbocycles. The Hall–Kier alpha value is -1.46. The van der Waals surface area contributed by atoms with E-state index in [1.54, 1.807) is 12.1 Å². The van der Waals surface area contributed by atoms with Crippen LogP contribution in [0.3, 0.4) is 0 Å². The van der Waals surface area contributed by atoms with Gasteiger partial charge in [0.25, 0.3) is 0 Å². The van der Waals surface area contributed by atoms with Gasteiger partial charge in [0.2, 0.25) is 0 Å². The molecular weight excluding hydrogens is 237 g/mol. The third-order valence-corrected chi connectivity index (χ3v) is 2.20. The number of halogens is 1. The number of carbonyl (C=O) groups excluding carboxylic acids is 1. The molecular formula is C13H18FNO3. The zero-order chi connectivity index (χ0) is 13.2. The van der Waals surface area contributed by atoms with Crippen molar-refractivity contribution in [3.05, 3.63) is 35.6 Å². The van der Waals surface area contributed by atoms with Crippen molar-refractivity contribution in [2.24, 2.45) is 0 Å². The van der Waals surface area contributed by atoms with E-state index in [0.29, 0.717) is 26.3 Å². The van der Waals surface area contributed by atoms with Crippen LogP contribution in [0.5, 0.6) is 0 Å². The second kappa shape index (κ2) is 8.60. The number of hydrogen-bond acceptors (Lipinski definition) is 4. The molecule has 0 aromatic heterocycles. The Labute approximate surface area is 106 Å². The van der Waals surface area contributed by atoms with Crippen molar-refractivity contribution in [2.45, 2.75) is 13.5 Å². The average Bonchev–Trinajstić information content (AvgIpc) is 2.34. The Balaban J connectivity index is 1.95. The molecule has 0 amide bonds. The number of esters is 1. The minimum Gasteiger partial charge on any atom is -0.463 e. The molecule has 0 aliphatic carbocycles. The van der Waals surface area contributed by atoms with Gasteiger partial charge in [0.05, 0.1) is 13.2 Å². The fourth-order valence-electron chi connectivity index (χ4n) is 1.33. The average molecular weight is 255 g/mol. The normalized spacial score (nSPS) is 10.3. The molecule has 0 fully saturated rings. The molecule has 0 saturated heterocycles. The third-order valence-electron chi connectivity index (χ3n) is 2.20. The second-order valence-corrected chi connectivity index (χ2v) is 3.76. The van der Waals surface area contributed by atoms with Gasteiger partial charge in [-0.15, -0.1) is 0 Å². The largest absolute Gasteiger partial charge is 0.463 e. The summed E-state index contributed by atoms with van der Waals surface area (Å²) >= 11 is 0. The third kappa shape index (κ3) is 6.98. The molecule has 1 N–H and O–H groups in total. The predicted molar refractivity (Wildman–Crippen MR) is 65.6 cm³/mol. The number of carbonyl (C=O) groups is 1. The van der Waals surface area contributed by atoms with Gasteiger partial charge in [0.15, 0.2) is 0 Å². The molecule has 100 valence electrons. The molecule has 0 bridgehead atoms. The second-order valence-electron chi connectivity index (χ2n) is 3.76. The highest BCUT2D eigenvalue weighted by Gasteiger charge is 1.95. The highest BCUT2D eigenvalue weighted by atomic mass is 19.1. The minimum atomic E-state index is -0.298. The molecule has 18 heavy (non-hydrogen) atoms. The van der Waals surface area contributed by atoms with E-state index in [2.05, 4.69) is 5.32 Å². The summed E-state index contributed by atoms with van der Waals surface area (Å²) in [6.45, 7) is 3.96. The van der Waals surface area contributed by atoms with Gasteiger partial charge in [-0.1, -0.05) is 12.1 Å². The summed E-state index contributed by atoms with van der Waals surface area (Å²) in [5, 5.41) is 3.17. The van der Waals surface area contributed by atoms with Crippen LogP contribution in [0.1, 0.15) is 12.5 Å². The maximum Gasteiger partial charge on any atom is 0.302 e. The molecule has 1 rings (SSSR count). The first-order valence-electron chi connectivity index (χ1n) is 5.85. The van der Waals surface area contributed by atoms with Crippen molar-refractivity contribution in [3.63, 3.8) is 0 Å². The molecule has 0 radical (unpaired) electrons. The van der Waals surface area contributed by atoms with Crippen LogP contribution in [0.4, 0.5) is 4.39 Å². The van der Waals surface area contributed by atoms with Crippen LogP contribution in [0.2, 0.25) is 0 Å². The van der Waals surface area contributed by atoms with Gasteiger partial charge in [0, 0.05) is 20.0 Å². The van der Waals surface area contributed by atoms with Gasteiger partial charge in [-0.3, -0.25) is 4.79 Å². The van der Waals surface area contributed by atoms with E-state index in [0.717, 1.165) is 5.56 Å². The number of nitrogens with one attached hydrogen (secondary N) is 1. The summed E-state index contributed by atoms with van der Waals surface area (Å²) in [7, 11) is 0. The molecule has 4 nitrogen and oxygen atoms in total. The van der Waals surface area contributed by atoms with Crippen molar-refractivity contribution in [3.8, 4) is 0 Å². The van der Waals surface area contributed by atoms with E-state index in [4.69, 9.17) is 9.47 Å². The lowest BCUT2D eigenvalue weighted by molar-refractivity contribution is -0.142. The van der Waals surface area contributed by atoms with Crippen LogP contribution >= 0.6 is 0 Å². The first kappa shape index (κ1) is 14.6. The molecule has 0 aliphatic rings. The van der Waals surface area contributed by atoms with Crippen molar-refractivity contribution in [1.82, 2.24) is 5.32 Å². The number of ether oxygens (including phenoxy) is 2. The van der Waals surface area contributed by atoms with Gasteiger partial charge in [0.1, 0.15) is 12.4 Å². The summed E-state index contributed by atoms with van der Waals surface area (Å²) in [6.07, 6.45) is 0. The standard InChI is InChI=1S/C13H18FNO3/c1-11(16)18-9-8-17-7-6-15-10-12-2-4-13(14)5-3-12/h2-5,15H,6-10H2,1H3. The first-order valence-corrected chi connectivity index (χ1v) is 5.85. The van der Waals surface area contributed by atoms with E-state index < -0.39 is 0 Å². The highest BCUT2D eigenvalue weighted by Crippen LogP contribution is 2.01. The van der Waals surface area contributed by atoms with E-state index in [1.165, 1.54) is 19.1 Å². The Morgan fingerprint density at radius 3 is 2.61 bits per heavy atom. The van der Waals surface area contributed by atoms with E-state index in [-0.39, 0.29) is 18.4 Å². The molecule has 1 aromatic rings. The zero-order valence-corrected chi connectivity index (χ0v) is 10.4. The number of hydrogen-bond donors (Lipinski definition) is 1. The molecule has 0 aliphatic heterocycles. The van der Waals surface area contributed by atoms with Crippen molar-refractivity contribution in [1.29, 1.82) is 0 Å². The molecule has 0 heterocycles. The summed E-state index contributed by atoms with van der Waals surface area (Å²) in [5.41, 5.74) is 1.02. The topological polar surface area (TPSA) is 47.6 Å². The Morgan fingerprint density at radius 2 is 1.94 bits per heavy atom. The maximum atomic E-state index is 12.6. The number of benzene rings is 1. The number of rotatable bonds is 8. The Bertz CT molecular complexity index is 354. The van der Waals surface area contributed by atoms with Gasteiger partial charge >= 0.3 is 5.97 Å². The quantitative estimate of drug-likeness (QED) is 0.565. The first-order chi connectivity index (χ1) is 8.68.